The molecule has 0 saturated heterocycles. The van der Waals surface area contributed by atoms with Gasteiger partial charge in [-0.3, -0.25) is 0 Å². The van der Waals surface area contributed by atoms with Gasteiger partial charge in [0.15, 0.2) is 0 Å². The predicted molar refractivity (Wildman–Crippen MR) is 84.6 cm³/mol. The SMILES string of the molecule is Nc1cccc(Cl)c1-c1nc(-c2cc(Cl)cc(Cl)c2)no1. The van der Waals surface area contributed by atoms with E-state index in [0.717, 1.165) is 0 Å². The van der Waals surface area contributed by atoms with Crippen LogP contribution in [-0.4, -0.2) is 10.1 Å². The minimum Gasteiger partial charge on any atom is -0.398 e. The maximum absolute atomic E-state index is 6.12. The highest BCUT2D eigenvalue weighted by molar-refractivity contribution is 6.35. The van der Waals surface area contributed by atoms with Crippen molar-refractivity contribution in [2.45, 2.75) is 0 Å². The monoisotopic (exact) mass is 339 g/mol. The van der Waals surface area contributed by atoms with Crippen LogP contribution in [0.5, 0.6) is 0 Å². The Morgan fingerprint density at radius 1 is 1.00 bits per heavy atom. The van der Waals surface area contributed by atoms with Gasteiger partial charge in [0.1, 0.15) is 0 Å². The van der Waals surface area contributed by atoms with Crippen LogP contribution in [0.1, 0.15) is 0 Å². The maximum Gasteiger partial charge on any atom is 0.261 e. The van der Waals surface area contributed by atoms with Crippen molar-refractivity contribution in [1.82, 2.24) is 10.1 Å². The van der Waals surface area contributed by atoms with Crippen LogP contribution >= 0.6 is 34.8 Å². The molecule has 0 unspecified atom stereocenters. The first-order chi connectivity index (χ1) is 10.0. The molecule has 1 heterocycles. The van der Waals surface area contributed by atoms with Gasteiger partial charge in [0, 0.05) is 21.3 Å². The largest absolute Gasteiger partial charge is 0.398 e. The van der Waals surface area contributed by atoms with E-state index in [9.17, 15) is 0 Å². The number of halogens is 3. The van der Waals surface area contributed by atoms with Gasteiger partial charge in [-0.2, -0.15) is 4.98 Å². The fourth-order valence-corrected chi connectivity index (χ4v) is 2.68. The number of hydrogen-bond acceptors (Lipinski definition) is 4. The Morgan fingerprint density at radius 3 is 2.38 bits per heavy atom. The van der Waals surface area contributed by atoms with Crippen LogP contribution in [0.2, 0.25) is 15.1 Å². The third-order valence-corrected chi connectivity index (χ3v) is 3.56. The van der Waals surface area contributed by atoms with Crippen LogP contribution in [0.4, 0.5) is 5.69 Å². The quantitative estimate of drug-likeness (QED) is 0.671. The van der Waals surface area contributed by atoms with Gasteiger partial charge in [0.05, 0.1) is 10.6 Å². The second-order valence-corrected chi connectivity index (χ2v) is 5.57. The van der Waals surface area contributed by atoms with Crippen LogP contribution in [0.3, 0.4) is 0 Å². The first-order valence-electron chi connectivity index (χ1n) is 5.89. The van der Waals surface area contributed by atoms with Crippen molar-refractivity contribution >= 4 is 40.5 Å². The first-order valence-corrected chi connectivity index (χ1v) is 7.02. The normalized spacial score (nSPS) is 10.8. The molecule has 21 heavy (non-hydrogen) atoms. The Morgan fingerprint density at radius 2 is 1.71 bits per heavy atom. The van der Waals surface area contributed by atoms with Gasteiger partial charge in [0.2, 0.25) is 5.82 Å². The van der Waals surface area contributed by atoms with Crippen molar-refractivity contribution in [3.63, 3.8) is 0 Å². The predicted octanol–water partition coefficient (Wildman–Crippen LogP) is 4.95. The second kappa shape index (κ2) is 5.56. The standard InChI is InChI=1S/C14H8Cl3N3O/c15-8-4-7(5-9(16)6-8)13-19-14(21-20-13)12-10(17)2-1-3-11(12)18/h1-6H,18H2. The highest BCUT2D eigenvalue weighted by atomic mass is 35.5. The third kappa shape index (κ3) is 2.83. The molecule has 2 aromatic carbocycles. The highest BCUT2D eigenvalue weighted by Crippen LogP contribution is 2.33. The smallest absolute Gasteiger partial charge is 0.261 e. The topological polar surface area (TPSA) is 64.9 Å². The molecule has 7 heteroatoms. The van der Waals surface area contributed by atoms with Crippen LogP contribution < -0.4 is 5.73 Å². The number of anilines is 1. The lowest BCUT2D eigenvalue weighted by Crippen LogP contribution is -1.91. The summed E-state index contributed by atoms with van der Waals surface area (Å²) in [6.45, 7) is 0. The Bertz CT molecular complexity index is 776. The highest BCUT2D eigenvalue weighted by Gasteiger charge is 2.16. The zero-order chi connectivity index (χ0) is 15.0. The molecule has 0 amide bonds. The van der Waals surface area contributed by atoms with Gasteiger partial charge in [0.25, 0.3) is 5.89 Å². The van der Waals surface area contributed by atoms with Crippen molar-refractivity contribution in [2.24, 2.45) is 0 Å². The zero-order valence-electron chi connectivity index (χ0n) is 10.5. The van der Waals surface area contributed by atoms with Crippen LogP contribution in [0, 0.1) is 0 Å². The molecule has 4 nitrogen and oxygen atoms in total. The van der Waals surface area contributed by atoms with Crippen LogP contribution in [0.25, 0.3) is 22.8 Å². The molecule has 0 fully saturated rings. The molecule has 3 rings (SSSR count). The van der Waals surface area contributed by atoms with E-state index >= 15 is 0 Å². The minimum atomic E-state index is 0.240. The average Bonchev–Trinajstić information content (AvgIpc) is 2.87. The van der Waals surface area contributed by atoms with E-state index < -0.39 is 0 Å². The van der Waals surface area contributed by atoms with Crippen molar-refractivity contribution in [2.75, 3.05) is 5.73 Å². The summed E-state index contributed by atoms with van der Waals surface area (Å²) in [4.78, 5) is 4.30. The van der Waals surface area contributed by atoms with Crippen LogP contribution in [-0.2, 0) is 0 Å². The van der Waals surface area contributed by atoms with Crippen LogP contribution in [0.15, 0.2) is 40.9 Å². The zero-order valence-corrected chi connectivity index (χ0v) is 12.7. The van der Waals surface area contributed by atoms with E-state index in [4.69, 9.17) is 45.1 Å². The van der Waals surface area contributed by atoms with Crippen molar-refractivity contribution in [3.05, 3.63) is 51.5 Å². The van der Waals surface area contributed by atoms with E-state index in [1.165, 1.54) is 0 Å². The summed E-state index contributed by atoms with van der Waals surface area (Å²) in [5.74, 6) is 0.595. The number of nitrogens with two attached hydrogens (primary N) is 1. The number of nitrogen functional groups attached to an aromatic ring is 1. The molecule has 0 saturated carbocycles. The Balaban J connectivity index is 2.08. The number of benzene rings is 2. The molecular formula is C14H8Cl3N3O. The van der Waals surface area contributed by atoms with Gasteiger partial charge in [-0.1, -0.05) is 46.0 Å². The maximum atomic E-state index is 6.12. The number of hydrogen-bond donors (Lipinski definition) is 1. The molecule has 0 spiro atoms. The molecule has 0 atom stereocenters. The summed E-state index contributed by atoms with van der Waals surface area (Å²) in [5, 5.41) is 5.32. The molecule has 1 aromatic heterocycles. The Hall–Kier alpha value is -1.75. The van der Waals surface area contributed by atoms with Gasteiger partial charge >= 0.3 is 0 Å². The fourth-order valence-electron chi connectivity index (χ4n) is 1.89. The summed E-state index contributed by atoms with van der Waals surface area (Å²) in [7, 11) is 0. The molecule has 0 aliphatic rings. The summed E-state index contributed by atoms with van der Waals surface area (Å²) < 4.78 is 5.23. The summed E-state index contributed by atoms with van der Waals surface area (Å²) in [6.07, 6.45) is 0. The minimum absolute atomic E-state index is 0.240. The van der Waals surface area contributed by atoms with Gasteiger partial charge in [-0.25, -0.2) is 0 Å². The van der Waals surface area contributed by atoms with E-state index in [-0.39, 0.29) is 5.89 Å². The molecule has 0 radical (unpaired) electrons. The molecule has 0 aliphatic heterocycles. The van der Waals surface area contributed by atoms with E-state index in [2.05, 4.69) is 10.1 Å². The third-order valence-electron chi connectivity index (χ3n) is 2.81. The van der Waals surface area contributed by atoms with Gasteiger partial charge in [-0.15, -0.1) is 0 Å². The lowest BCUT2D eigenvalue weighted by atomic mass is 10.2. The van der Waals surface area contributed by atoms with Crippen molar-refractivity contribution in [1.29, 1.82) is 0 Å². The van der Waals surface area contributed by atoms with Crippen molar-refractivity contribution in [3.8, 4) is 22.8 Å². The van der Waals surface area contributed by atoms with Gasteiger partial charge in [-0.05, 0) is 30.3 Å². The first kappa shape index (κ1) is 14.2. The van der Waals surface area contributed by atoms with Gasteiger partial charge < -0.3 is 10.3 Å². The molecule has 0 aliphatic carbocycles. The molecule has 0 bridgehead atoms. The van der Waals surface area contributed by atoms with E-state index in [1.807, 2.05) is 0 Å². The molecular weight excluding hydrogens is 333 g/mol. The van der Waals surface area contributed by atoms with Crippen molar-refractivity contribution < 1.29 is 4.52 Å². The molecule has 3 aromatic rings. The lowest BCUT2D eigenvalue weighted by Gasteiger charge is -2.02. The summed E-state index contributed by atoms with van der Waals surface area (Å²) >= 11 is 18.0. The molecule has 2 N–H and O–H groups in total. The second-order valence-electron chi connectivity index (χ2n) is 4.29. The van der Waals surface area contributed by atoms with E-state index in [0.29, 0.717) is 37.7 Å². The fraction of sp³-hybridized carbons (Fsp3) is 0. The number of aromatic nitrogens is 2. The Kier molecular flexibility index (Phi) is 3.76. The average molecular weight is 341 g/mol. The lowest BCUT2D eigenvalue weighted by molar-refractivity contribution is 0.432. The number of rotatable bonds is 2. The Labute approximate surface area is 135 Å². The number of nitrogens with zero attached hydrogens (tertiary/aromatic N) is 2. The summed E-state index contributed by atoms with van der Waals surface area (Å²) in [5.41, 5.74) is 7.51. The van der Waals surface area contributed by atoms with E-state index in [1.54, 1.807) is 36.4 Å². The summed E-state index contributed by atoms with van der Waals surface area (Å²) in [6, 6.07) is 10.2. The molecule has 106 valence electrons.